The molecule has 2 rings (SSSR count). The Hall–Kier alpha value is -2.93. The number of carbonyl (C=O) groups excluding carboxylic acids is 3. The molecule has 2 aromatic carbocycles. The Balaban J connectivity index is 2.28. The van der Waals surface area contributed by atoms with Gasteiger partial charge in [-0.1, -0.05) is 52.3 Å². The van der Waals surface area contributed by atoms with Crippen molar-refractivity contribution in [3.05, 3.63) is 75.9 Å². The third kappa shape index (κ3) is 5.56. The second-order valence-corrected chi connectivity index (χ2v) is 6.36. The summed E-state index contributed by atoms with van der Waals surface area (Å²) >= 11 is 3.28. The molecule has 0 spiro atoms. The van der Waals surface area contributed by atoms with E-state index in [1.54, 1.807) is 48.5 Å². The molecule has 0 aliphatic rings. The van der Waals surface area contributed by atoms with Crippen LogP contribution in [0.3, 0.4) is 0 Å². The lowest BCUT2D eigenvalue weighted by Crippen LogP contribution is -2.48. The highest BCUT2D eigenvalue weighted by atomic mass is 79.9. The van der Waals surface area contributed by atoms with Gasteiger partial charge in [0, 0.05) is 10.0 Å². The first-order valence-corrected chi connectivity index (χ1v) is 8.51. The lowest BCUT2D eigenvalue weighted by Gasteiger charge is -2.17. The molecule has 0 aromatic heterocycles. The van der Waals surface area contributed by atoms with E-state index in [1.807, 2.05) is 6.07 Å². The van der Waals surface area contributed by atoms with E-state index < -0.39 is 23.8 Å². The number of carboxylic acid groups (broad SMARTS) is 1. The average Bonchev–Trinajstić information content (AvgIpc) is 2.61. The van der Waals surface area contributed by atoms with Crippen molar-refractivity contribution in [1.29, 1.82) is 0 Å². The number of aliphatic carboxylic acids is 1. The van der Waals surface area contributed by atoms with Crippen molar-refractivity contribution < 1.29 is 19.5 Å². The van der Waals surface area contributed by atoms with Crippen molar-refractivity contribution in [2.45, 2.75) is 13.0 Å². The van der Waals surface area contributed by atoms with Crippen LogP contribution in [0.2, 0.25) is 0 Å². The quantitative estimate of drug-likeness (QED) is 0.697. The van der Waals surface area contributed by atoms with E-state index in [0.29, 0.717) is 15.6 Å². The van der Waals surface area contributed by atoms with Gasteiger partial charge in [-0.15, -0.1) is 0 Å². The Morgan fingerprint density at radius 3 is 2.38 bits per heavy atom. The molecular weight excluding hydrogens is 400 g/mol. The molecule has 0 fully saturated rings. The van der Waals surface area contributed by atoms with Crippen molar-refractivity contribution in [1.82, 2.24) is 10.6 Å². The van der Waals surface area contributed by atoms with Crippen molar-refractivity contribution >= 4 is 39.8 Å². The third-order valence-corrected chi connectivity index (χ3v) is 3.88. The molecule has 0 unspecified atom stereocenters. The molecule has 0 bridgehead atoms. The van der Waals surface area contributed by atoms with Gasteiger partial charge in [-0.2, -0.15) is 0 Å². The number of nitrogens with one attached hydrogen (secondary N) is 2. The largest absolute Gasteiger partial charge is 0.548 e. The molecule has 0 aliphatic heterocycles. The fraction of sp³-hybridized carbons (Fsp3) is 0.105. The van der Waals surface area contributed by atoms with E-state index in [1.165, 1.54) is 13.0 Å². The summed E-state index contributed by atoms with van der Waals surface area (Å²) in [6, 6.07) is 14.3. The molecule has 7 heteroatoms. The molecule has 0 saturated carbocycles. The van der Waals surface area contributed by atoms with Gasteiger partial charge in [0.25, 0.3) is 11.8 Å². The number of hydrogen-bond acceptors (Lipinski definition) is 4. The molecule has 2 aromatic rings. The van der Waals surface area contributed by atoms with Crippen LogP contribution >= 0.6 is 15.9 Å². The Morgan fingerprint density at radius 2 is 1.77 bits per heavy atom. The summed E-state index contributed by atoms with van der Waals surface area (Å²) in [6.07, 6.45) is 1.47. The zero-order chi connectivity index (χ0) is 19.1. The summed E-state index contributed by atoms with van der Waals surface area (Å²) in [5.41, 5.74) is 0.946. The monoisotopic (exact) mass is 415 g/mol. The van der Waals surface area contributed by atoms with Crippen molar-refractivity contribution in [3.8, 4) is 0 Å². The van der Waals surface area contributed by atoms with E-state index in [2.05, 4.69) is 26.6 Å². The van der Waals surface area contributed by atoms with Crippen molar-refractivity contribution in [3.63, 3.8) is 0 Å². The highest BCUT2D eigenvalue weighted by molar-refractivity contribution is 9.10. The van der Waals surface area contributed by atoms with Crippen LogP contribution < -0.4 is 15.7 Å². The SMILES string of the molecule is C[C@@H](NC(=O)/C(=C/c1ccccc1)NC(=O)c1cccc(Br)c1)C(=O)[O-]. The van der Waals surface area contributed by atoms with E-state index in [0.717, 1.165) is 0 Å². The maximum Gasteiger partial charge on any atom is 0.268 e. The predicted molar refractivity (Wildman–Crippen MR) is 98.6 cm³/mol. The second kappa shape index (κ2) is 8.96. The fourth-order valence-corrected chi connectivity index (χ4v) is 2.43. The van der Waals surface area contributed by atoms with Crippen molar-refractivity contribution in [2.24, 2.45) is 0 Å². The van der Waals surface area contributed by atoms with Crippen LogP contribution in [-0.2, 0) is 9.59 Å². The Kier molecular flexibility index (Phi) is 6.68. The van der Waals surface area contributed by atoms with E-state index in [-0.39, 0.29) is 5.70 Å². The standard InChI is InChI=1S/C19H17BrN2O4/c1-12(19(25)26)21-18(24)16(10-13-6-3-2-4-7-13)22-17(23)14-8-5-9-15(20)11-14/h2-12H,1H3,(H,21,24)(H,22,23)(H,25,26)/p-1/b16-10-/t12-/m1/s1. The van der Waals surface area contributed by atoms with Gasteiger partial charge in [-0.05, 0) is 36.8 Å². The number of benzene rings is 2. The highest BCUT2D eigenvalue weighted by Gasteiger charge is 2.17. The number of halogens is 1. The van der Waals surface area contributed by atoms with Gasteiger partial charge in [0.15, 0.2) is 0 Å². The number of carboxylic acids is 1. The Labute approximate surface area is 159 Å². The van der Waals surface area contributed by atoms with E-state index in [9.17, 15) is 19.5 Å². The lowest BCUT2D eigenvalue weighted by molar-refractivity contribution is -0.307. The maximum absolute atomic E-state index is 12.4. The third-order valence-electron chi connectivity index (χ3n) is 3.39. The van der Waals surface area contributed by atoms with Crippen LogP contribution in [0.25, 0.3) is 6.08 Å². The summed E-state index contributed by atoms with van der Waals surface area (Å²) in [7, 11) is 0. The van der Waals surface area contributed by atoms with Crippen molar-refractivity contribution in [2.75, 3.05) is 0 Å². The van der Waals surface area contributed by atoms with Crippen LogP contribution in [0.4, 0.5) is 0 Å². The van der Waals surface area contributed by atoms with Crippen LogP contribution in [0.1, 0.15) is 22.8 Å². The Morgan fingerprint density at radius 1 is 1.08 bits per heavy atom. The molecule has 0 radical (unpaired) electrons. The molecule has 0 aliphatic carbocycles. The van der Waals surface area contributed by atoms with Gasteiger partial charge in [0.2, 0.25) is 0 Å². The summed E-state index contributed by atoms with van der Waals surface area (Å²) in [5, 5.41) is 15.7. The molecular formula is C19H16BrN2O4-. The van der Waals surface area contributed by atoms with Crippen LogP contribution in [-0.4, -0.2) is 23.8 Å². The van der Waals surface area contributed by atoms with Gasteiger partial charge in [-0.25, -0.2) is 0 Å². The first-order valence-electron chi connectivity index (χ1n) is 7.72. The van der Waals surface area contributed by atoms with Crippen LogP contribution in [0.5, 0.6) is 0 Å². The first-order chi connectivity index (χ1) is 12.4. The zero-order valence-electron chi connectivity index (χ0n) is 13.9. The summed E-state index contributed by atoms with van der Waals surface area (Å²) in [4.78, 5) is 35.7. The van der Waals surface area contributed by atoms with Crippen LogP contribution in [0.15, 0.2) is 64.8 Å². The van der Waals surface area contributed by atoms with Gasteiger partial charge >= 0.3 is 0 Å². The summed E-state index contributed by atoms with van der Waals surface area (Å²) in [5.74, 6) is -2.64. The number of carbonyl (C=O) groups is 3. The second-order valence-electron chi connectivity index (χ2n) is 5.45. The topological polar surface area (TPSA) is 98.3 Å². The summed E-state index contributed by atoms with van der Waals surface area (Å²) in [6.45, 7) is 1.28. The molecule has 6 nitrogen and oxygen atoms in total. The van der Waals surface area contributed by atoms with Gasteiger partial charge < -0.3 is 20.5 Å². The van der Waals surface area contributed by atoms with Gasteiger partial charge in [0.05, 0.1) is 12.0 Å². The van der Waals surface area contributed by atoms with Gasteiger partial charge in [0.1, 0.15) is 5.70 Å². The number of hydrogen-bond donors (Lipinski definition) is 2. The number of amides is 2. The minimum Gasteiger partial charge on any atom is -0.548 e. The average molecular weight is 416 g/mol. The lowest BCUT2D eigenvalue weighted by atomic mass is 10.1. The summed E-state index contributed by atoms with van der Waals surface area (Å²) < 4.78 is 0.716. The molecule has 0 heterocycles. The Bertz CT molecular complexity index is 850. The highest BCUT2D eigenvalue weighted by Crippen LogP contribution is 2.12. The van der Waals surface area contributed by atoms with Crippen LogP contribution in [0, 0.1) is 0 Å². The van der Waals surface area contributed by atoms with E-state index in [4.69, 9.17) is 0 Å². The molecule has 26 heavy (non-hydrogen) atoms. The molecule has 1 atom stereocenters. The molecule has 2 amide bonds. The maximum atomic E-state index is 12.4. The normalized spacial score (nSPS) is 12.2. The van der Waals surface area contributed by atoms with E-state index >= 15 is 0 Å². The minimum atomic E-state index is -1.42. The van der Waals surface area contributed by atoms with Gasteiger partial charge in [-0.3, -0.25) is 9.59 Å². The predicted octanol–water partition coefficient (Wildman–Crippen LogP) is 1.47. The molecule has 134 valence electrons. The molecule has 0 saturated heterocycles. The molecule has 2 N–H and O–H groups in total. The first kappa shape index (κ1) is 19.4. The zero-order valence-corrected chi connectivity index (χ0v) is 15.4. The fourth-order valence-electron chi connectivity index (χ4n) is 2.03. The minimum absolute atomic E-state index is 0.0747. The smallest absolute Gasteiger partial charge is 0.268 e. The number of rotatable bonds is 6.